The lowest BCUT2D eigenvalue weighted by atomic mass is 9.64. The van der Waals surface area contributed by atoms with Crippen molar-refractivity contribution >= 4 is 17.5 Å². The molecule has 1 aromatic carbocycles. The van der Waals surface area contributed by atoms with Crippen LogP contribution in [-0.4, -0.2) is 16.7 Å². The first-order valence-corrected chi connectivity index (χ1v) is 8.10. The van der Waals surface area contributed by atoms with Crippen molar-refractivity contribution in [2.24, 2.45) is 5.92 Å². The van der Waals surface area contributed by atoms with Gasteiger partial charge in [-0.3, -0.25) is 4.79 Å². The number of aliphatic hydroxyl groups excluding tert-OH is 1. The largest absolute Gasteiger partial charge is 0.512 e. The van der Waals surface area contributed by atoms with Gasteiger partial charge in [-0.15, -0.1) is 0 Å². The lowest BCUT2D eigenvalue weighted by Gasteiger charge is -2.54. The number of aliphatic hydroxyl groups is 1. The van der Waals surface area contributed by atoms with Crippen LogP contribution in [0.25, 0.3) is 0 Å². The summed E-state index contributed by atoms with van der Waals surface area (Å²) in [5, 5.41) is 13.7. The molecule has 2 bridgehead atoms. The summed E-state index contributed by atoms with van der Waals surface area (Å²) in [4.78, 5) is 12.6. The number of amides is 1. The van der Waals surface area contributed by atoms with Crippen molar-refractivity contribution in [2.45, 2.75) is 44.2 Å². The molecule has 0 spiro atoms. The molecule has 1 amide bonds. The topological polar surface area (TPSA) is 58.6 Å². The first kappa shape index (κ1) is 13.9. The smallest absolute Gasteiger partial charge is 0.254 e. The summed E-state index contributed by atoms with van der Waals surface area (Å²) in [6.07, 6.45) is 3.91. The number of rotatable bonds is 0. The molecule has 1 saturated carbocycles. The van der Waals surface area contributed by atoms with Crippen molar-refractivity contribution in [3.63, 3.8) is 0 Å². The van der Waals surface area contributed by atoms with E-state index in [1.807, 2.05) is 12.1 Å². The Morgan fingerprint density at radius 1 is 1.45 bits per heavy atom. The van der Waals surface area contributed by atoms with Gasteiger partial charge in [0.25, 0.3) is 5.91 Å². The van der Waals surface area contributed by atoms with Gasteiger partial charge in [0.05, 0.1) is 11.3 Å². The van der Waals surface area contributed by atoms with Gasteiger partial charge < -0.3 is 15.2 Å². The molecular weight excluding hydrogens is 302 g/mol. The number of carbonyl (C=O) groups excluding carboxylic acids is 1. The third kappa shape index (κ3) is 1.80. The lowest BCUT2D eigenvalue weighted by molar-refractivity contribution is -0.140. The second-order valence-electron chi connectivity index (χ2n) is 6.46. The molecule has 1 aliphatic carbocycles. The minimum absolute atomic E-state index is 0.0782. The van der Waals surface area contributed by atoms with Crippen molar-refractivity contribution in [1.29, 1.82) is 0 Å². The quantitative estimate of drug-likeness (QED) is 0.566. The van der Waals surface area contributed by atoms with Crippen molar-refractivity contribution in [2.75, 3.05) is 0 Å². The van der Waals surface area contributed by atoms with E-state index in [1.165, 1.54) is 0 Å². The molecule has 3 aliphatic rings. The maximum absolute atomic E-state index is 12.6. The molecule has 3 unspecified atom stereocenters. The summed E-state index contributed by atoms with van der Waals surface area (Å²) in [5.41, 5.74) is 0.724. The second-order valence-corrected chi connectivity index (χ2v) is 6.89. The Morgan fingerprint density at radius 3 is 3.05 bits per heavy atom. The number of piperidine rings is 1. The fourth-order valence-electron chi connectivity index (χ4n) is 4.33. The van der Waals surface area contributed by atoms with Crippen LogP contribution in [0.4, 0.5) is 0 Å². The molecule has 0 radical (unpaired) electrons. The summed E-state index contributed by atoms with van der Waals surface area (Å²) >= 11 is 6.16. The van der Waals surface area contributed by atoms with Gasteiger partial charge in [-0.05, 0) is 38.0 Å². The highest BCUT2D eigenvalue weighted by Crippen LogP contribution is 2.56. The van der Waals surface area contributed by atoms with E-state index in [-0.39, 0.29) is 23.5 Å². The zero-order chi connectivity index (χ0) is 15.5. The number of benzene rings is 1. The Morgan fingerprint density at radius 2 is 2.27 bits per heavy atom. The Bertz CT molecular complexity index is 695. The van der Waals surface area contributed by atoms with Crippen LogP contribution in [0.2, 0.25) is 5.02 Å². The number of fused-ring (bicyclic) bond motifs is 2. The Balaban J connectivity index is 1.97. The lowest BCUT2D eigenvalue weighted by Crippen LogP contribution is -2.66. The molecule has 1 saturated heterocycles. The van der Waals surface area contributed by atoms with Gasteiger partial charge in [-0.25, -0.2) is 0 Å². The van der Waals surface area contributed by atoms with E-state index < -0.39 is 5.72 Å². The fraction of sp³-hybridized carbons (Fsp3) is 0.471. The zero-order valence-corrected chi connectivity index (χ0v) is 13.1. The van der Waals surface area contributed by atoms with Gasteiger partial charge in [0.2, 0.25) is 0 Å². The summed E-state index contributed by atoms with van der Waals surface area (Å²) < 4.78 is 6.25. The van der Waals surface area contributed by atoms with E-state index in [1.54, 1.807) is 13.0 Å². The molecule has 4 rings (SSSR count). The summed E-state index contributed by atoms with van der Waals surface area (Å²) in [5.74, 6) is 0.595. The average molecular weight is 320 g/mol. The van der Waals surface area contributed by atoms with E-state index in [9.17, 15) is 9.90 Å². The van der Waals surface area contributed by atoms with Crippen molar-refractivity contribution in [1.82, 2.24) is 5.32 Å². The van der Waals surface area contributed by atoms with Gasteiger partial charge in [-0.2, -0.15) is 0 Å². The molecule has 22 heavy (non-hydrogen) atoms. The molecule has 2 heterocycles. The summed E-state index contributed by atoms with van der Waals surface area (Å²) in [6.45, 7) is 1.57. The maximum Gasteiger partial charge on any atom is 0.254 e. The molecule has 116 valence electrons. The van der Waals surface area contributed by atoms with Gasteiger partial charge in [0, 0.05) is 28.8 Å². The van der Waals surface area contributed by atoms with Gasteiger partial charge in [0.15, 0.2) is 5.72 Å². The summed E-state index contributed by atoms with van der Waals surface area (Å²) in [6, 6.07) is 5.52. The van der Waals surface area contributed by atoms with Crippen LogP contribution >= 0.6 is 11.6 Å². The molecule has 3 atom stereocenters. The standard InChI is InChI=1S/C17H18ClNO3/c1-9(20)14-15-11-8-10(18)5-6-13(11)22-17(19-16(14)21)7-3-2-4-12(15)17/h5-6,8,12,15,20H,2-4,7H2,1H3,(H,19,21)/b14-9-. The van der Waals surface area contributed by atoms with Crippen LogP contribution in [-0.2, 0) is 4.79 Å². The molecule has 4 nitrogen and oxygen atoms in total. The summed E-state index contributed by atoms with van der Waals surface area (Å²) in [7, 11) is 0. The molecule has 2 N–H and O–H groups in total. The second kappa shape index (κ2) is 4.66. The fourth-order valence-corrected chi connectivity index (χ4v) is 4.51. The Kier molecular flexibility index (Phi) is 2.95. The van der Waals surface area contributed by atoms with E-state index in [2.05, 4.69) is 5.32 Å². The van der Waals surface area contributed by atoms with Crippen LogP contribution in [0.5, 0.6) is 5.75 Å². The normalized spacial score (nSPS) is 34.9. The maximum atomic E-state index is 12.6. The highest BCUT2D eigenvalue weighted by molar-refractivity contribution is 6.30. The number of hydrogen-bond donors (Lipinski definition) is 2. The predicted octanol–water partition coefficient (Wildman–Crippen LogP) is 3.66. The first-order chi connectivity index (χ1) is 10.5. The van der Waals surface area contributed by atoms with E-state index >= 15 is 0 Å². The minimum atomic E-state index is -0.639. The Labute approximate surface area is 134 Å². The van der Waals surface area contributed by atoms with Gasteiger partial charge in [-0.1, -0.05) is 18.0 Å². The predicted molar refractivity (Wildman–Crippen MR) is 83.0 cm³/mol. The van der Waals surface area contributed by atoms with Gasteiger partial charge in [0.1, 0.15) is 5.75 Å². The first-order valence-electron chi connectivity index (χ1n) is 7.72. The number of carbonyl (C=O) groups is 1. The number of allylic oxidation sites excluding steroid dienone is 1. The van der Waals surface area contributed by atoms with Crippen molar-refractivity contribution in [3.8, 4) is 5.75 Å². The van der Waals surface area contributed by atoms with Crippen LogP contribution in [0.3, 0.4) is 0 Å². The molecule has 2 aliphatic heterocycles. The van der Waals surface area contributed by atoms with Crippen LogP contribution in [0.1, 0.15) is 44.1 Å². The third-order valence-electron chi connectivity index (χ3n) is 5.18. The highest BCUT2D eigenvalue weighted by atomic mass is 35.5. The monoisotopic (exact) mass is 319 g/mol. The number of hydrogen-bond acceptors (Lipinski definition) is 3. The van der Waals surface area contributed by atoms with Crippen molar-refractivity contribution in [3.05, 3.63) is 40.1 Å². The molecule has 0 aromatic heterocycles. The Hall–Kier alpha value is -1.68. The zero-order valence-electron chi connectivity index (χ0n) is 12.4. The molecular formula is C17H18ClNO3. The van der Waals surface area contributed by atoms with Crippen LogP contribution < -0.4 is 10.1 Å². The van der Waals surface area contributed by atoms with E-state index in [0.29, 0.717) is 10.6 Å². The highest BCUT2D eigenvalue weighted by Gasteiger charge is 2.57. The van der Waals surface area contributed by atoms with E-state index in [0.717, 1.165) is 37.0 Å². The minimum Gasteiger partial charge on any atom is -0.512 e. The van der Waals surface area contributed by atoms with Crippen molar-refractivity contribution < 1.29 is 14.6 Å². The SMILES string of the molecule is C/C(O)=C1/C(=O)NC23CCCCC2C1c1cc(Cl)ccc1O3. The molecule has 2 fully saturated rings. The molecule has 5 heteroatoms. The number of nitrogens with one attached hydrogen (secondary N) is 1. The van der Waals surface area contributed by atoms with Gasteiger partial charge >= 0.3 is 0 Å². The van der Waals surface area contributed by atoms with Crippen LogP contribution in [0.15, 0.2) is 29.5 Å². The van der Waals surface area contributed by atoms with E-state index in [4.69, 9.17) is 16.3 Å². The number of ether oxygens (including phenoxy) is 1. The third-order valence-corrected chi connectivity index (χ3v) is 5.42. The molecule has 1 aromatic rings. The average Bonchev–Trinajstić information content (AvgIpc) is 2.46. The van der Waals surface area contributed by atoms with Crippen LogP contribution in [0, 0.1) is 5.92 Å². The number of halogens is 1.